The van der Waals surface area contributed by atoms with Crippen LogP contribution >= 0.6 is 11.6 Å². The van der Waals surface area contributed by atoms with Crippen LogP contribution in [0.5, 0.6) is 0 Å². The van der Waals surface area contributed by atoms with E-state index in [0.29, 0.717) is 6.54 Å². The molecule has 1 aliphatic rings. The van der Waals surface area contributed by atoms with Crippen LogP contribution in [0, 0.1) is 0 Å². The van der Waals surface area contributed by atoms with E-state index in [4.69, 9.17) is 11.6 Å². The summed E-state index contributed by atoms with van der Waals surface area (Å²) < 4.78 is 0. The lowest BCUT2D eigenvalue weighted by Gasteiger charge is -2.36. The van der Waals surface area contributed by atoms with Crippen LogP contribution in [0.1, 0.15) is 19.4 Å². The number of nitrogens with zero attached hydrogens (tertiary/aromatic N) is 2. The smallest absolute Gasteiger partial charge is 0.317 e. The molecule has 1 heterocycles. The van der Waals surface area contributed by atoms with Gasteiger partial charge in [-0.1, -0.05) is 55.8 Å². The Morgan fingerprint density at radius 2 is 1.62 bits per heavy atom. The highest BCUT2D eigenvalue weighted by atomic mass is 35.5. The van der Waals surface area contributed by atoms with E-state index >= 15 is 0 Å². The second-order valence-electron chi connectivity index (χ2n) is 7.36. The first-order valence-electron chi connectivity index (χ1n) is 9.04. The van der Waals surface area contributed by atoms with Gasteiger partial charge < -0.3 is 15.1 Å². The van der Waals surface area contributed by atoms with E-state index in [9.17, 15) is 4.79 Å². The first-order chi connectivity index (χ1) is 12.5. The summed E-state index contributed by atoms with van der Waals surface area (Å²) in [4.78, 5) is 16.8. The van der Waals surface area contributed by atoms with Gasteiger partial charge in [0.2, 0.25) is 0 Å². The Labute approximate surface area is 160 Å². The van der Waals surface area contributed by atoms with Crippen LogP contribution in [0.25, 0.3) is 0 Å². The van der Waals surface area contributed by atoms with Crippen LogP contribution in [-0.2, 0) is 5.41 Å². The fourth-order valence-corrected chi connectivity index (χ4v) is 3.34. The number of rotatable bonds is 4. The van der Waals surface area contributed by atoms with Gasteiger partial charge in [0.15, 0.2) is 0 Å². The summed E-state index contributed by atoms with van der Waals surface area (Å²) in [6.07, 6.45) is 0. The van der Waals surface area contributed by atoms with Crippen molar-refractivity contribution in [2.45, 2.75) is 19.3 Å². The third kappa shape index (κ3) is 4.50. The number of halogens is 1. The van der Waals surface area contributed by atoms with E-state index in [1.54, 1.807) is 0 Å². The molecule has 3 rings (SSSR count). The number of hydrogen-bond acceptors (Lipinski definition) is 2. The summed E-state index contributed by atoms with van der Waals surface area (Å²) in [5.41, 5.74) is 2.24. The zero-order chi connectivity index (χ0) is 18.6. The molecule has 26 heavy (non-hydrogen) atoms. The molecule has 1 fully saturated rings. The van der Waals surface area contributed by atoms with Crippen molar-refractivity contribution in [3.63, 3.8) is 0 Å². The Morgan fingerprint density at radius 3 is 2.23 bits per heavy atom. The Hall–Kier alpha value is -2.20. The monoisotopic (exact) mass is 371 g/mol. The van der Waals surface area contributed by atoms with Gasteiger partial charge in [-0.3, -0.25) is 0 Å². The van der Waals surface area contributed by atoms with E-state index in [2.05, 4.69) is 36.2 Å². The van der Waals surface area contributed by atoms with Crippen molar-refractivity contribution >= 4 is 23.3 Å². The Kier molecular flexibility index (Phi) is 5.72. The Balaban J connectivity index is 1.50. The minimum atomic E-state index is -0.147. The summed E-state index contributed by atoms with van der Waals surface area (Å²) in [6, 6.07) is 18.2. The number of benzene rings is 2. The largest absolute Gasteiger partial charge is 0.368 e. The lowest BCUT2D eigenvalue weighted by atomic mass is 9.85. The van der Waals surface area contributed by atoms with Crippen LogP contribution in [0.4, 0.5) is 10.5 Å². The molecule has 1 aliphatic heterocycles. The maximum atomic E-state index is 12.5. The molecule has 2 aromatic rings. The van der Waals surface area contributed by atoms with Crippen molar-refractivity contribution < 1.29 is 4.79 Å². The van der Waals surface area contributed by atoms with Gasteiger partial charge >= 0.3 is 6.03 Å². The number of urea groups is 1. The molecule has 2 aromatic carbocycles. The zero-order valence-electron chi connectivity index (χ0n) is 15.4. The number of anilines is 1. The molecule has 0 spiro atoms. The van der Waals surface area contributed by atoms with Crippen molar-refractivity contribution in [1.29, 1.82) is 0 Å². The van der Waals surface area contributed by atoms with E-state index < -0.39 is 0 Å². The fraction of sp³-hybridized carbons (Fsp3) is 0.381. The number of hydrogen-bond donors (Lipinski definition) is 1. The summed E-state index contributed by atoms with van der Waals surface area (Å²) in [5.74, 6) is 0. The molecule has 2 amide bonds. The van der Waals surface area contributed by atoms with Crippen LogP contribution < -0.4 is 10.2 Å². The number of amides is 2. The lowest BCUT2D eigenvalue weighted by Crippen LogP contribution is -2.53. The van der Waals surface area contributed by atoms with Crippen LogP contribution in [-0.4, -0.2) is 43.7 Å². The quantitative estimate of drug-likeness (QED) is 0.876. The van der Waals surface area contributed by atoms with Crippen molar-refractivity contribution in [2.24, 2.45) is 0 Å². The molecule has 0 atom stereocenters. The van der Waals surface area contributed by atoms with Gasteiger partial charge in [-0.25, -0.2) is 4.79 Å². The fourth-order valence-electron chi connectivity index (χ4n) is 3.22. The molecule has 5 heteroatoms. The Morgan fingerprint density at radius 1 is 1.00 bits per heavy atom. The normalized spacial score (nSPS) is 15.0. The molecule has 1 saturated heterocycles. The molecular formula is C21H26ClN3O. The molecule has 0 bridgehead atoms. The average molecular weight is 372 g/mol. The van der Waals surface area contributed by atoms with Crippen molar-refractivity contribution in [1.82, 2.24) is 10.2 Å². The highest BCUT2D eigenvalue weighted by Crippen LogP contribution is 2.24. The van der Waals surface area contributed by atoms with Gasteiger partial charge in [0, 0.05) is 48.8 Å². The molecular weight excluding hydrogens is 346 g/mol. The van der Waals surface area contributed by atoms with Gasteiger partial charge in [-0.15, -0.1) is 0 Å². The number of carbonyl (C=O) groups excluding carboxylic acids is 1. The first kappa shape index (κ1) is 18.6. The second kappa shape index (κ2) is 8.00. The highest BCUT2D eigenvalue weighted by Gasteiger charge is 2.25. The van der Waals surface area contributed by atoms with Gasteiger partial charge in [0.25, 0.3) is 0 Å². The van der Waals surface area contributed by atoms with Crippen molar-refractivity contribution in [3.05, 3.63) is 65.2 Å². The number of carbonyl (C=O) groups is 1. The van der Waals surface area contributed by atoms with Gasteiger partial charge in [0.05, 0.1) is 0 Å². The molecule has 138 valence electrons. The van der Waals surface area contributed by atoms with Crippen molar-refractivity contribution in [2.75, 3.05) is 37.6 Å². The van der Waals surface area contributed by atoms with E-state index in [1.165, 1.54) is 5.69 Å². The molecule has 0 unspecified atom stereocenters. The second-order valence-corrected chi connectivity index (χ2v) is 7.80. The van der Waals surface area contributed by atoms with Crippen LogP contribution in [0.2, 0.25) is 5.02 Å². The van der Waals surface area contributed by atoms with Gasteiger partial charge in [-0.2, -0.15) is 0 Å². The maximum Gasteiger partial charge on any atom is 0.317 e. The molecule has 0 aliphatic carbocycles. The predicted octanol–water partition coefficient (Wildman–Crippen LogP) is 4.15. The van der Waals surface area contributed by atoms with E-state index in [-0.39, 0.29) is 11.4 Å². The van der Waals surface area contributed by atoms with Crippen molar-refractivity contribution in [3.8, 4) is 0 Å². The summed E-state index contributed by atoms with van der Waals surface area (Å²) in [7, 11) is 0. The molecule has 0 aromatic heterocycles. The predicted molar refractivity (Wildman–Crippen MR) is 108 cm³/mol. The summed E-state index contributed by atoms with van der Waals surface area (Å²) in [6.45, 7) is 8.04. The minimum absolute atomic E-state index is 0.0137. The van der Waals surface area contributed by atoms with Crippen LogP contribution in [0.15, 0.2) is 54.6 Å². The number of piperazine rings is 1. The Bertz CT molecular complexity index is 723. The minimum Gasteiger partial charge on any atom is -0.368 e. The molecule has 4 nitrogen and oxygen atoms in total. The molecule has 0 saturated carbocycles. The number of para-hydroxylation sites is 1. The lowest BCUT2D eigenvalue weighted by molar-refractivity contribution is 0.192. The number of nitrogens with one attached hydrogen (secondary N) is 1. The van der Waals surface area contributed by atoms with Gasteiger partial charge in [-0.05, 0) is 29.8 Å². The third-order valence-electron chi connectivity index (χ3n) is 5.00. The van der Waals surface area contributed by atoms with E-state index in [1.807, 2.05) is 47.4 Å². The third-order valence-corrected chi connectivity index (χ3v) is 5.25. The molecule has 1 N–H and O–H groups in total. The maximum absolute atomic E-state index is 12.5. The average Bonchev–Trinajstić information content (AvgIpc) is 2.67. The van der Waals surface area contributed by atoms with Crippen LogP contribution in [0.3, 0.4) is 0 Å². The summed E-state index contributed by atoms with van der Waals surface area (Å²) in [5, 5.41) is 3.82. The SMILES string of the molecule is CC(C)(CNC(=O)N1CCN(c2ccccc2)CC1)c1ccc(Cl)cc1. The highest BCUT2D eigenvalue weighted by molar-refractivity contribution is 6.30. The zero-order valence-corrected chi connectivity index (χ0v) is 16.2. The molecule has 0 radical (unpaired) electrons. The van der Waals surface area contributed by atoms with Gasteiger partial charge in [0.1, 0.15) is 0 Å². The van der Waals surface area contributed by atoms with E-state index in [0.717, 1.165) is 36.8 Å². The first-order valence-corrected chi connectivity index (χ1v) is 9.42. The summed E-state index contributed by atoms with van der Waals surface area (Å²) >= 11 is 5.97. The topological polar surface area (TPSA) is 35.6 Å². The standard InChI is InChI=1S/C21H26ClN3O/c1-21(2,17-8-10-18(22)11-9-17)16-23-20(26)25-14-12-24(13-15-25)19-6-4-3-5-7-19/h3-11H,12-16H2,1-2H3,(H,23,26).